The molecule has 23 heavy (non-hydrogen) atoms. The van der Waals surface area contributed by atoms with Gasteiger partial charge in [0.2, 0.25) is 0 Å². The highest BCUT2D eigenvalue weighted by atomic mass is 127. The van der Waals surface area contributed by atoms with E-state index in [-0.39, 0.29) is 30.0 Å². The molecule has 1 aromatic heterocycles. The SMILES string of the molecule is I.NC(=NCC(c1ccco1)N1CCCCC1)NC1CCCC1. The van der Waals surface area contributed by atoms with Gasteiger partial charge in [-0.15, -0.1) is 24.0 Å². The van der Waals surface area contributed by atoms with Gasteiger partial charge in [-0.2, -0.15) is 0 Å². The molecule has 3 N–H and O–H groups in total. The lowest BCUT2D eigenvalue weighted by Gasteiger charge is -2.32. The number of nitrogens with two attached hydrogens (primary N) is 1. The zero-order valence-electron chi connectivity index (χ0n) is 13.7. The Hall–Kier alpha value is -0.760. The van der Waals surface area contributed by atoms with E-state index in [1.165, 1.54) is 44.9 Å². The first-order valence-corrected chi connectivity index (χ1v) is 8.67. The number of furan rings is 1. The summed E-state index contributed by atoms with van der Waals surface area (Å²) in [7, 11) is 0. The van der Waals surface area contributed by atoms with Crippen molar-refractivity contribution in [1.29, 1.82) is 0 Å². The molecule has 0 bridgehead atoms. The molecular formula is C17H29IN4O. The predicted molar refractivity (Wildman–Crippen MR) is 104 cm³/mol. The van der Waals surface area contributed by atoms with Crippen LogP contribution in [0.5, 0.6) is 0 Å². The third-order valence-electron chi connectivity index (χ3n) is 4.84. The monoisotopic (exact) mass is 432 g/mol. The number of piperidine rings is 1. The molecule has 0 amide bonds. The van der Waals surface area contributed by atoms with Gasteiger partial charge in [-0.3, -0.25) is 9.89 Å². The van der Waals surface area contributed by atoms with Crippen LogP contribution in [0.15, 0.2) is 27.8 Å². The molecule has 130 valence electrons. The summed E-state index contributed by atoms with van der Waals surface area (Å²) >= 11 is 0. The van der Waals surface area contributed by atoms with Crippen LogP contribution >= 0.6 is 24.0 Å². The second-order valence-corrected chi connectivity index (χ2v) is 6.48. The Balaban J connectivity index is 0.00000192. The summed E-state index contributed by atoms with van der Waals surface area (Å²) in [6.45, 7) is 2.91. The molecule has 2 fully saturated rings. The molecular weight excluding hydrogens is 403 g/mol. The lowest BCUT2D eigenvalue weighted by Crippen LogP contribution is -2.40. The fraction of sp³-hybridized carbons (Fsp3) is 0.706. The van der Waals surface area contributed by atoms with Gasteiger partial charge in [-0.1, -0.05) is 19.3 Å². The van der Waals surface area contributed by atoms with Gasteiger partial charge in [-0.05, 0) is 50.9 Å². The first-order chi connectivity index (χ1) is 10.8. The van der Waals surface area contributed by atoms with Crippen molar-refractivity contribution in [3.05, 3.63) is 24.2 Å². The molecule has 1 aliphatic carbocycles. The molecule has 5 nitrogen and oxygen atoms in total. The standard InChI is InChI=1S/C17H28N4O.HI/c18-17(20-14-7-2-3-8-14)19-13-15(16-9-6-12-22-16)21-10-4-1-5-11-21;/h6,9,12,14-15H,1-5,7-8,10-11,13H2,(H3,18,19,20);1H. The number of guanidine groups is 1. The molecule has 0 radical (unpaired) electrons. The molecule has 1 unspecified atom stereocenters. The highest BCUT2D eigenvalue weighted by Gasteiger charge is 2.24. The second kappa shape index (κ2) is 9.52. The zero-order valence-corrected chi connectivity index (χ0v) is 16.1. The molecule has 1 atom stereocenters. The van der Waals surface area contributed by atoms with E-state index in [9.17, 15) is 0 Å². The smallest absolute Gasteiger partial charge is 0.188 e. The molecule has 1 aliphatic heterocycles. The molecule has 2 heterocycles. The van der Waals surface area contributed by atoms with Crippen molar-refractivity contribution < 1.29 is 4.42 Å². The van der Waals surface area contributed by atoms with E-state index in [1.807, 2.05) is 6.07 Å². The van der Waals surface area contributed by atoms with Gasteiger partial charge < -0.3 is 15.5 Å². The lowest BCUT2D eigenvalue weighted by molar-refractivity contribution is 0.150. The van der Waals surface area contributed by atoms with Crippen molar-refractivity contribution in [2.45, 2.75) is 57.0 Å². The van der Waals surface area contributed by atoms with E-state index in [0.717, 1.165) is 18.8 Å². The van der Waals surface area contributed by atoms with Crippen molar-refractivity contribution in [3.8, 4) is 0 Å². The minimum atomic E-state index is 0. The quantitative estimate of drug-likeness (QED) is 0.426. The fourth-order valence-corrected chi connectivity index (χ4v) is 3.61. The highest BCUT2D eigenvalue weighted by Crippen LogP contribution is 2.25. The maximum Gasteiger partial charge on any atom is 0.188 e. The lowest BCUT2D eigenvalue weighted by atomic mass is 10.1. The molecule has 1 saturated heterocycles. The summed E-state index contributed by atoms with van der Waals surface area (Å²) in [5, 5.41) is 3.36. The van der Waals surface area contributed by atoms with Crippen LogP contribution in [0, 0.1) is 0 Å². The van der Waals surface area contributed by atoms with Gasteiger partial charge in [0, 0.05) is 6.04 Å². The Kier molecular flexibility index (Phi) is 7.69. The molecule has 6 heteroatoms. The van der Waals surface area contributed by atoms with Gasteiger partial charge in [0.15, 0.2) is 5.96 Å². The van der Waals surface area contributed by atoms with Gasteiger partial charge in [0.05, 0.1) is 18.8 Å². The Morgan fingerprint density at radius 1 is 1.26 bits per heavy atom. The second-order valence-electron chi connectivity index (χ2n) is 6.48. The molecule has 2 aliphatic rings. The van der Waals surface area contributed by atoms with E-state index < -0.39 is 0 Å². The summed E-state index contributed by atoms with van der Waals surface area (Å²) < 4.78 is 5.64. The van der Waals surface area contributed by atoms with Crippen molar-refractivity contribution in [1.82, 2.24) is 10.2 Å². The minimum absolute atomic E-state index is 0. The van der Waals surface area contributed by atoms with Crippen molar-refractivity contribution in [3.63, 3.8) is 0 Å². The van der Waals surface area contributed by atoms with E-state index in [0.29, 0.717) is 18.5 Å². The van der Waals surface area contributed by atoms with Crippen molar-refractivity contribution in [2.24, 2.45) is 10.7 Å². The zero-order chi connectivity index (χ0) is 15.2. The third-order valence-corrected chi connectivity index (χ3v) is 4.84. The Labute approximate surface area is 156 Å². The minimum Gasteiger partial charge on any atom is -0.468 e. The fourth-order valence-electron chi connectivity index (χ4n) is 3.61. The number of aliphatic imine (C=N–C) groups is 1. The van der Waals surface area contributed by atoms with Crippen LogP contribution in [0.1, 0.15) is 56.7 Å². The molecule has 0 spiro atoms. The first-order valence-electron chi connectivity index (χ1n) is 8.67. The Bertz CT molecular complexity index is 465. The summed E-state index contributed by atoms with van der Waals surface area (Å²) in [4.78, 5) is 7.08. The first kappa shape index (κ1) is 18.6. The number of halogens is 1. The normalized spacial score (nSPS) is 21.8. The van der Waals surface area contributed by atoms with E-state index in [2.05, 4.69) is 21.3 Å². The number of likely N-dealkylation sites (tertiary alicyclic amines) is 1. The highest BCUT2D eigenvalue weighted by molar-refractivity contribution is 14.0. The van der Waals surface area contributed by atoms with E-state index in [1.54, 1.807) is 6.26 Å². The van der Waals surface area contributed by atoms with Crippen LogP contribution < -0.4 is 11.1 Å². The Morgan fingerprint density at radius 2 is 2.00 bits per heavy atom. The largest absolute Gasteiger partial charge is 0.468 e. The van der Waals surface area contributed by atoms with Crippen molar-refractivity contribution >= 4 is 29.9 Å². The predicted octanol–water partition coefficient (Wildman–Crippen LogP) is 3.27. The molecule has 3 rings (SSSR count). The van der Waals surface area contributed by atoms with Crippen LogP contribution in [0.25, 0.3) is 0 Å². The maximum atomic E-state index is 6.07. The van der Waals surface area contributed by atoms with Crippen LogP contribution in [0.2, 0.25) is 0 Å². The number of nitrogens with zero attached hydrogens (tertiary/aromatic N) is 2. The summed E-state index contributed by atoms with van der Waals surface area (Å²) in [6.07, 6.45) is 10.6. The number of rotatable bonds is 5. The van der Waals surface area contributed by atoms with Crippen LogP contribution in [0.3, 0.4) is 0 Å². The Morgan fingerprint density at radius 3 is 2.65 bits per heavy atom. The summed E-state index contributed by atoms with van der Waals surface area (Å²) in [5.41, 5.74) is 6.07. The number of hydrogen-bond donors (Lipinski definition) is 2. The van der Waals surface area contributed by atoms with Gasteiger partial charge in [0.1, 0.15) is 5.76 Å². The van der Waals surface area contributed by atoms with Gasteiger partial charge >= 0.3 is 0 Å². The maximum absolute atomic E-state index is 6.07. The topological polar surface area (TPSA) is 66.8 Å². The van der Waals surface area contributed by atoms with Crippen molar-refractivity contribution in [2.75, 3.05) is 19.6 Å². The third kappa shape index (κ3) is 5.38. The van der Waals surface area contributed by atoms with Gasteiger partial charge in [0.25, 0.3) is 0 Å². The molecule has 1 aromatic rings. The summed E-state index contributed by atoms with van der Waals surface area (Å²) in [5.74, 6) is 1.58. The van der Waals surface area contributed by atoms with Crippen LogP contribution in [-0.2, 0) is 0 Å². The molecule has 1 saturated carbocycles. The van der Waals surface area contributed by atoms with E-state index >= 15 is 0 Å². The summed E-state index contributed by atoms with van der Waals surface area (Å²) in [6, 6.07) is 4.73. The average Bonchev–Trinajstić information content (AvgIpc) is 3.22. The average molecular weight is 432 g/mol. The number of nitrogens with one attached hydrogen (secondary N) is 1. The molecule has 0 aromatic carbocycles. The number of hydrogen-bond acceptors (Lipinski definition) is 3. The van der Waals surface area contributed by atoms with Gasteiger partial charge in [-0.25, -0.2) is 0 Å². The van der Waals surface area contributed by atoms with Crippen LogP contribution in [0.4, 0.5) is 0 Å². The van der Waals surface area contributed by atoms with Crippen LogP contribution in [-0.4, -0.2) is 36.5 Å². The van der Waals surface area contributed by atoms with E-state index in [4.69, 9.17) is 10.2 Å².